The van der Waals surface area contributed by atoms with Crippen molar-refractivity contribution in [1.29, 1.82) is 0 Å². The number of nitro groups is 2. The molecule has 6 rings (SSSR count). The number of aromatic nitrogens is 2. The summed E-state index contributed by atoms with van der Waals surface area (Å²) >= 11 is 0. The van der Waals surface area contributed by atoms with Crippen LogP contribution < -0.4 is 0 Å². The summed E-state index contributed by atoms with van der Waals surface area (Å²) in [5, 5.41) is 40.8. The Bertz CT molecular complexity index is 1840. The van der Waals surface area contributed by atoms with Gasteiger partial charge in [0.1, 0.15) is 11.4 Å². The number of rotatable bonds is 9. The highest BCUT2D eigenvalue weighted by Crippen LogP contribution is 2.31. The van der Waals surface area contributed by atoms with Crippen LogP contribution in [-0.2, 0) is 12.8 Å². The van der Waals surface area contributed by atoms with Gasteiger partial charge in [-0.3, -0.25) is 20.2 Å². The van der Waals surface area contributed by atoms with E-state index < -0.39 is 9.85 Å². The zero-order valence-corrected chi connectivity index (χ0v) is 22.0. The highest BCUT2D eigenvalue weighted by molar-refractivity contribution is 5.92. The summed E-state index contributed by atoms with van der Waals surface area (Å²) in [4.78, 5) is 27.2. The van der Waals surface area contributed by atoms with E-state index in [2.05, 4.69) is 54.7 Å². The lowest BCUT2D eigenvalue weighted by molar-refractivity contribution is -0.385. The van der Waals surface area contributed by atoms with Crippen LogP contribution in [0.5, 0.6) is 0 Å². The van der Waals surface area contributed by atoms with E-state index in [9.17, 15) is 20.2 Å². The normalized spacial score (nSPS) is 11.7. The van der Waals surface area contributed by atoms with Gasteiger partial charge in [-0.25, -0.2) is 0 Å². The SMILES string of the molecule is O=[N+]([O-])c1ccc(N=Nc2c[nH]c3ccc(CCc4ccc5[nH]cc(N=Nc6ccc([N+](=O)[O-])cc6)c5c4)cc23)cc1. The molecule has 2 heterocycles. The first kappa shape index (κ1) is 26.2. The van der Waals surface area contributed by atoms with E-state index in [-0.39, 0.29) is 11.4 Å². The second kappa shape index (κ2) is 11.2. The van der Waals surface area contributed by atoms with Crippen molar-refractivity contribution >= 4 is 55.9 Å². The van der Waals surface area contributed by atoms with Gasteiger partial charge in [-0.15, -0.1) is 10.2 Å². The number of aromatic amines is 2. The smallest absolute Gasteiger partial charge is 0.269 e. The van der Waals surface area contributed by atoms with Gasteiger partial charge in [0.2, 0.25) is 0 Å². The first-order valence-corrected chi connectivity index (χ1v) is 13.0. The van der Waals surface area contributed by atoms with Gasteiger partial charge in [0, 0.05) is 58.5 Å². The van der Waals surface area contributed by atoms with E-state index in [4.69, 9.17) is 0 Å². The van der Waals surface area contributed by atoms with Crippen LogP contribution in [-0.4, -0.2) is 19.8 Å². The average molecular weight is 559 g/mol. The van der Waals surface area contributed by atoms with Crippen LogP contribution >= 0.6 is 0 Å². The van der Waals surface area contributed by atoms with E-state index in [0.717, 1.165) is 45.8 Å². The molecule has 42 heavy (non-hydrogen) atoms. The van der Waals surface area contributed by atoms with Crippen LogP contribution in [0.25, 0.3) is 21.8 Å². The molecule has 12 heteroatoms. The lowest BCUT2D eigenvalue weighted by atomic mass is 10.0. The third-order valence-electron chi connectivity index (χ3n) is 6.82. The number of azo groups is 2. The molecule has 0 saturated carbocycles. The molecule has 0 bridgehead atoms. The van der Waals surface area contributed by atoms with Crippen molar-refractivity contribution in [3.05, 3.63) is 129 Å². The largest absolute Gasteiger partial charge is 0.359 e. The van der Waals surface area contributed by atoms with E-state index in [0.29, 0.717) is 22.7 Å². The molecule has 0 atom stereocenters. The van der Waals surface area contributed by atoms with Crippen molar-refractivity contribution in [2.75, 3.05) is 0 Å². The van der Waals surface area contributed by atoms with Crippen LogP contribution in [0.3, 0.4) is 0 Å². The summed E-state index contributed by atoms with van der Waals surface area (Å²) in [6, 6.07) is 24.2. The van der Waals surface area contributed by atoms with Gasteiger partial charge in [-0.1, -0.05) is 12.1 Å². The van der Waals surface area contributed by atoms with Gasteiger partial charge < -0.3 is 9.97 Å². The minimum Gasteiger partial charge on any atom is -0.359 e. The molecular formula is C30H22N8O4. The Hall–Kier alpha value is -6.04. The lowest BCUT2D eigenvalue weighted by Gasteiger charge is -2.04. The number of H-pyrrole nitrogens is 2. The van der Waals surface area contributed by atoms with E-state index in [1.165, 1.54) is 24.3 Å². The maximum absolute atomic E-state index is 10.9. The second-order valence-corrected chi connectivity index (χ2v) is 9.55. The number of nitrogens with one attached hydrogen (secondary N) is 2. The molecule has 0 aliphatic heterocycles. The van der Waals surface area contributed by atoms with Gasteiger partial charge in [0.15, 0.2) is 0 Å². The first-order chi connectivity index (χ1) is 20.4. The number of hydrogen-bond donors (Lipinski definition) is 2. The quantitative estimate of drug-likeness (QED) is 0.103. The molecule has 4 aromatic carbocycles. The number of nitrogens with zero attached hydrogens (tertiary/aromatic N) is 6. The molecule has 6 aromatic rings. The van der Waals surface area contributed by atoms with Crippen molar-refractivity contribution in [2.24, 2.45) is 20.5 Å². The maximum Gasteiger partial charge on any atom is 0.269 e. The summed E-state index contributed by atoms with van der Waals surface area (Å²) in [7, 11) is 0. The topological polar surface area (TPSA) is 167 Å². The van der Waals surface area contributed by atoms with Crippen molar-refractivity contribution in [3.8, 4) is 0 Å². The van der Waals surface area contributed by atoms with Crippen molar-refractivity contribution in [3.63, 3.8) is 0 Å². The Labute approximate surface area is 237 Å². The number of nitro benzene ring substituents is 2. The Morgan fingerprint density at radius 2 is 0.952 bits per heavy atom. The molecule has 0 spiro atoms. The van der Waals surface area contributed by atoms with E-state index >= 15 is 0 Å². The number of aryl methyl sites for hydroxylation is 2. The van der Waals surface area contributed by atoms with Gasteiger partial charge in [0.25, 0.3) is 11.4 Å². The number of hydrogen-bond acceptors (Lipinski definition) is 8. The minimum atomic E-state index is -0.451. The first-order valence-electron chi connectivity index (χ1n) is 13.0. The zero-order valence-electron chi connectivity index (χ0n) is 22.0. The van der Waals surface area contributed by atoms with Crippen LogP contribution in [0.1, 0.15) is 11.1 Å². The molecule has 0 fully saturated rings. The molecule has 0 radical (unpaired) electrons. The third kappa shape index (κ3) is 5.63. The van der Waals surface area contributed by atoms with Crippen molar-refractivity contribution in [1.82, 2.24) is 9.97 Å². The molecular weight excluding hydrogens is 536 g/mol. The number of fused-ring (bicyclic) bond motifs is 2. The lowest BCUT2D eigenvalue weighted by Crippen LogP contribution is -1.91. The summed E-state index contributed by atoms with van der Waals surface area (Å²) in [6.07, 6.45) is 5.18. The van der Waals surface area contributed by atoms with E-state index in [1.807, 2.05) is 12.1 Å². The zero-order chi connectivity index (χ0) is 29.1. The monoisotopic (exact) mass is 558 g/mol. The number of non-ortho nitro benzene ring substituents is 2. The standard InChI is InChI=1S/C30H22N8O4/c39-37(40)23-9-5-21(6-10-23)33-35-29-17-31-27-13-3-19(15-25(27)29)1-2-20-4-14-28-26(16-20)30(18-32-28)36-34-22-7-11-24(12-8-22)38(41)42/h3-18,31-32H,1-2H2. The molecule has 0 unspecified atom stereocenters. The van der Waals surface area contributed by atoms with Crippen LogP contribution in [0.15, 0.2) is 118 Å². The molecule has 0 amide bonds. The van der Waals surface area contributed by atoms with Crippen molar-refractivity contribution in [2.45, 2.75) is 12.8 Å². The summed E-state index contributed by atoms with van der Waals surface area (Å²) < 4.78 is 0. The van der Waals surface area contributed by atoms with Crippen LogP contribution in [0, 0.1) is 20.2 Å². The van der Waals surface area contributed by atoms with Gasteiger partial charge in [0.05, 0.1) is 21.2 Å². The number of benzene rings is 4. The Morgan fingerprint density at radius 1 is 0.548 bits per heavy atom. The van der Waals surface area contributed by atoms with Gasteiger partial charge in [-0.05, 0) is 72.5 Å². The molecule has 12 nitrogen and oxygen atoms in total. The maximum atomic E-state index is 10.9. The Morgan fingerprint density at radius 3 is 1.33 bits per heavy atom. The molecule has 206 valence electrons. The minimum absolute atomic E-state index is 0.00390. The second-order valence-electron chi connectivity index (χ2n) is 9.55. The molecule has 0 aliphatic carbocycles. The summed E-state index contributed by atoms with van der Waals surface area (Å²) in [6.45, 7) is 0. The fourth-order valence-electron chi connectivity index (χ4n) is 4.58. The fraction of sp³-hybridized carbons (Fsp3) is 0.0667. The molecule has 0 saturated heterocycles. The Balaban J connectivity index is 1.16. The van der Waals surface area contributed by atoms with Crippen LogP contribution in [0.2, 0.25) is 0 Å². The predicted octanol–water partition coefficient (Wildman–Crippen LogP) is 9.08. The fourth-order valence-corrected chi connectivity index (χ4v) is 4.58. The van der Waals surface area contributed by atoms with Crippen LogP contribution in [0.4, 0.5) is 34.1 Å². The highest BCUT2D eigenvalue weighted by atomic mass is 16.6. The highest BCUT2D eigenvalue weighted by Gasteiger charge is 2.09. The van der Waals surface area contributed by atoms with Crippen molar-refractivity contribution < 1.29 is 9.85 Å². The van der Waals surface area contributed by atoms with E-state index in [1.54, 1.807) is 36.7 Å². The third-order valence-corrected chi connectivity index (χ3v) is 6.82. The van der Waals surface area contributed by atoms with Gasteiger partial charge in [-0.2, -0.15) is 10.2 Å². The molecule has 2 aromatic heterocycles. The Kier molecular flexibility index (Phi) is 6.99. The predicted molar refractivity (Wildman–Crippen MR) is 159 cm³/mol. The van der Waals surface area contributed by atoms with Gasteiger partial charge >= 0.3 is 0 Å². The molecule has 0 aliphatic rings. The average Bonchev–Trinajstić information content (AvgIpc) is 3.61. The summed E-state index contributed by atoms with van der Waals surface area (Å²) in [5.41, 5.74) is 6.58. The summed E-state index contributed by atoms with van der Waals surface area (Å²) in [5.74, 6) is 0. The molecule has 2 N–H and O–H groups in total.